The minimum Gasteiger partial charge on any atom is -0.332 e. The summed E-state index contributed by atoms with van der Waals surface area (Å²) in [6, 6.07) is 5.60. The molecule has 1 aromatic rings. The van der Waals surface area contributed by atoms with Crippen LogP contribution in [0.1, 0.15) is 45.4 Å². The van der Waals surface area contributed by atoms with E-state index >= 15 is 0 Å². The van der Waals surface area contributed by atoms with Gasteiger partial charge in [-0.2, -0.15) is 0 Å². The van der Waals surface area contributed by atoms with Gasteiger partial charge in [0.2, 0.25) is 5.91 Å². The number of carbonyl (C=O) groups excluding carboxylic acids is 2. The standard InChI is InChI=1S/C19H25N3O4S/c1-12(23)22-27(25,26)17-4-2-3-16(8-17)20-18(24)21-19-9-13-5-14(10-19)7-15(6-13)11-19/h2-4,8,13-15H,5-7,9-11H2,1H3,(H,22,23)(H2,20,21,24). The average Bonchev–Trinajstić information content (AvgIpc) is 2.51. The number of hydrogen-bond acceptors (Lipinski definition) is 4. The van der Waals surface area contributed by atoms with Gasteiger partial charge in [0, 0.05) is 18.2 Å². The molecule has 4 aliphatic rings. The molecular formula is C19H25N3O4S. The van der Waals surface area contributed by atoms with Crippen molar-refractivity contribution in [2.45, 2.75) is 55.9 Å². The number of sulfonamides is 1. The largest absolute Gasteiger partial charge is 0.332 e. The minimum absolute atomic E-state index is 0.0645. The lowest BCUT2D eigenvalue weighted by molar-refractivity contribution is -0.117. The van der Waals surface area contributed by atoms with Crippen molar-refractivity contribution < 1.29 is 18.0 Å². The first-order chi connectivity index (χ1) is 12.7. The molecule has 4 bridgehead atoms. The van der Waals surface area contributed by atoms with E-state index in [4.69, 9.17) is 0 Å². The second-order valence-corrected chi connectivity index (χ2v) is 10.1. The van der Waals surface area contributed by atoms with Gasteiger partial charge in [0.05, 0.1) is 4.90 Å². The first-order valence-electron chi connectivity index (χ1n) is 9.46. The summed E-state index contributed by atoms with van der Waals surface area (Å²) in [6.07, 6.45) is 7.03. The predicted molar refractivity (Wildman–Crippen MR) is 101 cm³/mol. The van der Waals surface area contributed by atoms with Gasteiger partial charge in [0.1, 0.15) is 0 Å². The molecule has 3 amide bonds. The van der Waals surface area contributed by atoms with Crippen LogP contribution in [0.3, 0.4) is 0 Å². The topological polar surface area (TPSA) is 104 Å². The second kappa shape index (κ2) is 6.51. The number of hydrogen-bond donors (Lipinski definition) is 3. The van der Waals surface area contributed by atoms with E-state index in [1.54, 1.807) is 6.07 Å². The highest BCUT2D eigenvalue weighted by Gasteiger charge is 2.51. The lowest BCUT2D eigenvalue weighted by Gasteiger charge is -2.56. The highest BCUT2D eigenvalue weighted by Crippen LogP contribution is 2.55. The zero-order valence-corrected chi connectivity index (χ0v) is 16.1. The van der Waals surface area contributed by atoms with Gasteiger partial charge in [-0.1, -0.05) is 6.07 Å². The smallest absolute Gasteiger partial charge is 0.319 e. The van der Waals surface area contributed by atoms with Crippen LogP contribution in [0, 0.1) is 17.8 Å². The molecule has 27 heavy (non-hydrogen) atoms. The minimum atomic E-state index is -3.93. The monoisotopic (exact) mass is 391 g/mol. The lowest BCUT2D eigenvalue weighted by atomic mass is 9.53. The van der Waals surface area contributed by atoms with Gasteiger partial charge in [-0.25, -0.2) is 17.9 Å². The van der Waals surface area contributed by atoms with Gasteiger partial charge in [-0.3, -0.25) is 4.79 Å². The summed E-state index contributed by atoms with van der Waals surface area (Å²) in [7, 11) is -3.93. The fraction of sp³-hybridized carbons (Fsp3) is 0.579. The van der Waals surface area contributed by atoms with Crippen molar-refractivity contribution in [3.05, 3.63) is 24.3 Å². The van der Waals surface area contributed by atoms with E-state index in [2.05, 4.69) is 10.6 Å². The number of benzene rings is 1. The van der Waals surface area contributed by atoms with Gasteiger partial charge in [-0.05, 0) is 74.5 Å². The Balaban J connectivity index is 1.45. The van der Waals surface area contributed by atoms with Crippen LogP contribution in [-0.2, 0) is 14.8 Å². The Labute approximate surface area is 159 Å². The third-order valence-electron chi connectivity index (χ3n) is 6.10. The van der Waals surface area contributed by atoms with Gasteiger partial charge >= 0.3 is 6.03 Å². The first kappa shape index (κ1) is 18.3. The van der Waals surface area contributed by atoms with Crippen LogP contribution in [0.2, 0.25) is 0 Å². The van der Waals surface area contributed by atoms with Crippen LogP contribution in [0.25, 0.3) is 0 Å². The van der Waals surface area contributed by atoms with E-state index in [0.29, 0.717) is 5.69 Å². The van der Waals surface area contributed by atoms with E-state index in [0.717, 1.165) is 43.9 Å². The summed E-state index contributed by atoms with van der Waals surface area (Å²) in [5.41, 5.74) is 0.266. The van der Waals surface area contributed by atoms with Gasteiger partial charge < -0.3 is 10.6 Å². The Hall–Kier alpha value is -2.09. The number of rotatable bonds is 4. The zero-order valence-electron chi connectivity index (χ0n) is 15.3. The van der Waals surface area contributed by atoms with Crippen molar-refractivity contribution in [3.8, 4) is 0 Å². The number of nitrogens with one attached hydrogen (secondary N) is 3. The molecule has 146 valence electrons. The number of urea groups is 1. The highest BCUT2D eigenvalue weighted by molar-refractivity contribution is 7.90. The van der Waals surface area contributed by atoms with Gasteiger partial charge in [0.25, 0.3) is 10.0 Å². The molecule has 0 radical (unpaired) electrons. The first-order valence-corrected chi connectivity index (χ1v) is 10.9. The van der Waals surface area contributed by atoms with Crippen molar-refractivity contribution in [2.75, 3.05) is 5.32 Å². The van der Waals surface area contributed by atoms with Crippen molar-refractivity contribution in [2.24, 2.45) is 17.8 Å². The summed E-state index contributed by atoms with van der Waals surface area (Å²) in [5, 5.41) is 5.95. The van der Waals surface area contributed by atoms with Crippen molar-refractivity contribution in [1.29, 1.82) is 0 Å². The van der Waals surface area contributed by atoms with Gasteiger partial charge in [0.15, 0.2) is 0 Å². The Kier molecular flexibility index (Phi) is 4.41. The molecule has 0 aromatic heterocycles. The van der Waals surface area contributed by atoms with Crippen molar-refractivity contribution in [1.82, 2.24) is 10.0 Å². The molecule has 5 rings (SSSR count). The summed E-state index contributed by atoms with van der Waals surface area (Å²) < 4.78 is 26.2. The molecule has 0 spiro atoms. The third-order valence-corrected chi connectivity index (χ3v) is 7.53. The van der Waals surface area contributed by atoms with Gasteiger partial charge in [-0.15, -0.1) is 0 Å². The van der Waals surface area contributed by atoms with Crippen molar-refractivity contribution >= 4 is 27.6 Å². The molecule has 0 saturated heterocycles. The van der Waals surface area contributed by atoms with Crippen LogP contribution < -0.4 is 15.4 Å². The molecule has 0 heterocycles. The Morgan fingerprint density at radius 2 is 1.63 bits per heavy atom. The third kappa shape index (κ3) is 3.81. The van der Waals surface area contributed by atoms with E-state index < -0.39 is 15.9 Å². The molecule has 4 saturated carbocycles. The van der Waals surface area contributed by atoms with Crippen LogP contribution >= 0.6 is 0 Å². The second-order valence-electron chi connectivity index (χ2n) is 8.47. The molecule has 0 atom stereocenters. The molecule has 1 aromatic carbocycles. The molecule has 3 N–H and O–H groups in total. The normalized spacial score (nSPS) is 31.4. The Morgan fingerprint density at radius 3 is 2.19 bits per heavy atom. The maximum absolute atomic E-state index is 12.6. The number of carbonyl (C=O) groups is 2. The fourth-order valence-corrected chi connectivity index (χ4v) is 6.69. The maximum atomic E-state index is 12.6. The lowest BCUT2D eigenvalue weighted by Crippen LogP contribution is -2.60. The van der Waals surface area contributed by atoms with E-state index in [1.807, 2.05) is 4.72 Å². The highest BCUT2D eigenvalue weighted by atomic mass is 32.2. The predicted octanol–water partition coefficient (Wildman–Crippen LogP) is 2.60. The Morgan fingerprint density at radius 1 is 1.04 bits per heavy atom. The fourth-order valence-electron chi connectivity index (χ4n) is 5.66. The van der Waals surface area contributed by atoms with Crippen molar-refractivity contribution in [3.63, 3.8) is 0 Å². The summed E-state index contributed by atoms with van der Waals surface area (Å²) in [4.78, 5) is 23.6. The molecule has 8 heteroatoms. The molecule has 4 fully saturated rings. The summed E-state index contributed by atoms with van der Waals surface area (Å²) >= 11 is 0. The SMILES string of the molecule is CC(=O)NS(=O)(=O)c1cccc(NC(=O)NC23CC4CC(CC(C4)C2)C3)c1. The van der Waals surface area contributed by atoms with E-state index in [1.165, 1.54) is 37.5 Å². The zero-order chi connectivity index (χ0) is 19.2. The average molecular weight is 391 g/mol. The number of anilines is 1. The molecule has 4 aliphatic carbocycles. The van der Waals surface area contributed by atoms with Crippen LogP contribution in [0.5, 0.6) is 0 Å². The van der Waals surface area contributed by atoms with E-state index in [9.17, 15) is 18.0 Å². The van der Waals surface area contributed by atoms with Crippen LogP contribution in [-0.4, -0.2) is 25.9 Å². The van der Waals surface area contributed by atoms with Crippen LogP contribution in [0.4, 0.5) is 10.5 Å². The Bertz CT molecular complexity index is 845. The summed E-state index contributed by atoms with van der Waals surface area (Å²) in [6.45, 7) is 1.14. The summed E-state index contributed by atoms with van der Waals surface area (Å²) in [5.74, 6) is 1.51. The molecule has 7 nitrogen and oxygen atoms in total. The van der Waals surface area contributed by atoms with Crippen LogP contribution in [0.15, 0.2) is 29.2 Å². The quantitative estimate of drug-likeness (QED) is 0.734. The maximum Gasteiger partial charge on any atom is 0.319 e. The van der Waals surface area contributed by atoms with E-state index in [-0.39, 0.29) is 16.5 Å². The number of amides is 3. The molecular weight excluding hydrogens is 366 g/mol. The molecule has 0 aliphatic heterocycles. The molecule has 0 unspecified atom stereocenters.